The summed E-state index contributed by atoms with van der Waals surface area (Å²) in [7, 11) is 0. The van der Waals surface area contributed by atoms with Gasteiger partial charge in [-0.05, 0) is 29.7 Å². The SMILES string of the molecule is [O-][N+]1(CCCc2ccc(COc3ccccc3)cc2)CCOCC1. The van der Waals surface area contributed by atoms with Crippen molar-refractivity contribution < 1.29 is 14.1 Å². The van der Waals surface area contributed by atoms with Gasteiger partial charge in [-0.2, -0.15) is 0 Å². The molecule has 1 saturated heterocycles. The fourth-order valence-electron chi connectivity index (χ4n) is 2.96. The van der Waals surface area contributed by atoms with Crippen LogP contribution in [0.15, 0.2) is 54.6 Å². The summed E-state index contributed by atoms with van der Waals surface area (Å²) < 4.78 is 10.9. The van der Waals surface area contributed by atoms with Crippen molar-refractivity contribution in [3.05, 3.63) is 70.9 Å². The Hall–Kier alpha value is -1.88. The molecule has 0 atom stereocenters. The fraction of sp³-hybridized carbons (Fsp3) is 0.400. The minimum Gasteiger partial charge on any atom is -0.633 e. The first-order chi connectivity index (χ1) is 11.7. The number of nitrogens with zero attached hydrogens (tertiary/aromatic N) is 1. The second-order valence-corrected chi connectivity index (χ2v) is 6.36. The molecule has 24 heavy (non-hydrogen) atoms. The quantitative estimate of drug-likeness (QED) is 0.577. The molecule has 1 heterocycles. The van der Waals surface area contributed by atoms with Gasteiger partial charge in [0, 0.05) is 6.42 Å². The van der Waals surface area contributed by atoms with E-state index in [0.29, 0.717) is 39.5 Å². The van der Waals surface area contributed by atoms with Gasteiger partial charge in [0.2, 0.25) is 0 Å². The first-order valence-electron chi connectivity index (χ1n) is 8.64. The number of aryl methyl sites for hydroxylation is 1. The van der Waals surface area contributed by atoms with E-state index in [1.807, 2.05) is 30.3 Å². The smallest absolute Gasteiger partial charge is 0.119 e. The van der Waals surface area contributed by atoms with Crippen LogP contribution in [0.4, 0.5) is 0 Å². The summed E-state index contributed by atoms with van der Waals surface area (Å²) in [5.74, 6) is 0.886. The monoisotopic (exact) mass is 327 g/mol. The van der Waals surface area contributed by atoms with Crippen molar-refractivity contribution in [1.82, 2.24) is 0 Å². The second kappa shape index (κ2) is 8.29. The summed E-state index contributed by atoms with van der Waals surface area (Å²) in [5.41, 5.74) is 2.43. The Morgan fingerprint density at radius 1 is 0.917 bits per heavy atom. The van der Waals surface area contributed by atoms with E-state index >= 15 is 0 Å². The van der Waals surface area contributed by atoms with Crippen molar-refractivity contribution in [3.63, 3.8) is 0 Å². The molecule has 0 aromatic heterocycles. The van der Waals surface area contributed by atoms with Crippen molar-refractivity contribution in [2.24, 2.45) is 0 Å². The van der Waals surface area contributed by atoms with Gasteiger partial charge < -0.3 is 19.3 Å². The highest BCUT2D eigenvalue weighted by molar-refractivity contribution is 5.24. The summed E-state index contributed by atoms with van der Waals surface area (Å²) in [6.45, 7) is 3.64. The van der Waals surface area contributed by atoms with Gasteiger partial charge in [-0.1, -0.05) is 42.5 Å². The summed E-state index contributed by atoms with van der Waals surface area (Å²) in [6, 6.07) is 18.3. The van der Waals surface area contributed by atoms with Crippen molar-refractivity contribution in [2.45, 2.75) is 19.4 Å². The summed E-state index contributed by atoms with van der Waals surface area (Å²) in [4.78, 5) is 0. The van der Waals surface area contributed by atoms with Crippen molar-refractivity contribution in [2.75, 3.05) is 32.8 Å². The fourth-order valence-corrected chi connectivity index (χ4v) is 2.96. The van der Waals surface area contributed by atoms with Gasteiger partial charge in [0.15, 0.2) is 0 Å². The molecule has 2 aromatic rings. The number of hydroxylamine groups is 3. The molecule has 2 aromatic carbocycles. The van der Waals surface area contributed by atoms with Crippen molar-refractivity contribution >= 4 is 0 Å². The number of benzene rings is 2. The minimum atomic E-state index is -0.0942. The Morgan fingerprint density at radius 3 is 2.29 bits per heavy atom. The maximum atomic E-state index is 12.4. The molecule has 0 unspecified atom stereocenters. The van der Waals surface area contributed by atoms with E-state index in [2.05, 4.69) is 24.3 Å². The lowest BCUT2D eigenvalue weighted by atomic mass is 10.1. The zero-order valence-corrected chi connectivity index (χ0v) is 14.0. The van der Waals surface area contributed by atoms with Crippen LogP contribution in [-0.4, -0.2) is 37.5 Å². The summed E-state index contributed by atoms with van der Waals surface area (Å²) in [6.07, 6.45) is 1.87. The van der Waals surface area contributed by atoms with E-state index in [4.69, 9.17) is 9.47 Å². The highest BCUT2D eigenvalue weighted by Gasteiger charge is 2.20. The van der Waals surface area contributed by atoms with E-state index in [0.717, 1.165) is 24.2 Å². The van der Waals surface area contributed by atoms with Crippen LogP contribution in [0, 0.1) is 5.21 Å². The van der Waals surface area contributed by atoms with Crippen LogP contribution >= 0.6 is 0 Å². The highest BCUT2D eigenvalue weighted by Crippen LogP contribution is 2.15. The lowest BCUT2D eigenvalue weighted by Gasteiger charge is -2.45. The predicted octanol–water partition coefficient (Wildman–Crippen LogP) is 3.54. The number of rotatable bonds is 7. The Bertz CT molecular complexity index is 607. The van der Waals surface area contributed by atoms with Crippen LogP contribution in [0.3, 0.4) is 0 Å². The van der Waals surface area contributed by atoms with Crippen LogP contribution < -0.4 is 4.74 Å². The molecule has 1 fully saturated rings. The minimum absolute atomic E-state index is 0.0942. The van der Waals surface area contributed by atoms with Gasteiger partial charge in [0.25, 0.3) is 0 Å². The third kappa shape index (κ3) is 5.06. The van der Waals surface area contributed by atoms with Gasteiger partial charge in [0.05, 0.1) is 19.8 Å². The van der Waals surface area contributed by atoms with Crippen LogP contribution in [-0.2, 0) is 17.8 Å². The van der Waals surface area contributed by atoms with E-state index in [9.17, 15) is 5.21 Å². The molecule has 1 aliphatic rings. The maximum absolute atomic E-state index is 12.4. The van der Waals surface area contributed by atoms with Crippen molar-refractivity contribution in [1.29, 1.82) is 0 Å². The third-order valence-corrected chi connectivity index (χ3v) is 4.49. The molecule has 0 spiro atoms. The second-order valence-electron chi connectivity index (χ2n) is 6.36. The van der Waals surface area contributed by atoms with E-state index in [1.54, 1.807) is 0 Å². The summed E-state index contributed by atoms with van der Waals surface area (Å²) in [5, 5.41) is 12.4. The van der Waals surface area contributed by atoms with Gasteiger partial charge in [-0.25, -0.2) is 0 Å². The van der Waals surface area contributed by atoms with Gasteiger partial charge >= 0.3 is 0 Å². The average molecular weight is 327 g/mol. The number of quaternary nitrogens is 1. The van der Waals surface area contributed by atoms with E-state index in [-0.39, 0.29) is 4.65 Å². The topological polar surface area (TPSA) is 41.5 Å². The molecule has 1 aliphatic heterocycles. The van der Waals surface area contributed by atoms with Crippen LogP contribution in [0.2, 0.25) is 0 Å². The number of morpholine rings is 1. The zero-order chi connectivity index (χ0) is 16.7. The van der Waals surface area contributed by atoms with Gasteiger partial charge in [0.1, 0.15) is 25.4 Å². The largest absolute Gasteiger partial charge is 0.633 e. The molecule has 0 amide bonds. The number of hydrogen-bond acceptors (Lipinski definition) is 3. The Balaban J connectivity index is 1.42. The van der Waals surface area contributed by atoms with Gasteiger partial charge in [-0.3, -0.25) is 0 Å². The Morgan fingerprint density at radius 2 is 1.58 bits per heavy atom. The normalized spacial score (nSPS) is 16.7. The van der Waals surface area contributed by atoms with Crippen molar-refractivity contribution in [3.8, 4) is 5.75 Å². The standard InChI is InChI=1S/C20H25NO3/c22-21(13-15-23-16-14-21)12-4-5-18-8-10-19(11-9-18)17-24-20-6-2-1-3-7-20/h1-3,6-11H,4-5,12-17H2. The summed E-state index contributed by atoms with van der Waals surface area (Å²) >= 11 is 0. The molecule has 0 aliphatic carbocycles. The third-order valence-electron chi connectivity index (χ3n) is 4.49. The lowest BCUT2D eigenvalue weighted by Crippen LogP contribution is -2.50. The number of ether oxygens (including phenoxy) is 2. The molecule has 0 bridgehead atoms. The van der Waals surface area contributed by atoms with E-state index < -0.39 is 0 Å². The Kier molecular flexibility index (Phi) is 5.86. The van der Waals surface area contributed by atoms with Crippen LogP contribution in [0.5, 0.6) is 5.75 Å². The average Bonchev–Trinajstić information content (AvgIpc) is 2.62. The highest BCUT2D eigenvalue weighted by atomic mass is 16.6. The molecule has 128 valence electrons. The molecule has 4 heteroatoms. The molecule has 3 rings (SSSR count). The van der Waals surface area contributed by atoms with Crippen LogP contribution in [0.1, 0.15) is 17.5 Å². The Labute approximate surface area is 143 Å². The molecule has 0 radical (unpaired) electrons. The maximum Gasteiger partial charge on any atom is 0.119 e. The lowest BCUT2D eigenvalue weighted by molar-refractivity contribution is -0.888. The molecular formula is C20H25NO3. The molecule has 4 nitrogen and oxygen atoms in total. The number of para-hydroxylation sites is 1. The molecular weight excluding hydrogens is 302 g/mol. The van der Waals surface area contributed by atoms with Crippen LogP contribution in [0.25, 0.3) is 0 Å². The van der Waals surface area contributed by atoms with E-state index in [1.165, 1.54) is 5.56 Å². The number of hydrogen-bond donors (Lipinski definition) is 0. The molecule has 0 N–H and O–H groups in total. The van der Waals surface area contributed by atoms with Gasteiger partial charge in [-0.15, -0.1) is 0 Å². The first kappa shape index (κ1) is 17.0. The molecule has 0 saturated carbocycles. The predicted molar refractivity (Wildman–Crippen MR) is 94.6 cm³/mol. The zero-order valence-electron chi connectivity index (χ0n) is 14.0. The first-order valence-corrected chi connectivity index (χ1v) is 8.64.